The van der Waals surface area contributed by atoms with Crippen molar-refractivity contribution in [2.75, 3.05) is 31.4 Å². The third kappa shape index (κ3) is 7.12. The molecule has 0 bridgehead atoms. The Hall–Kier alpha value is -4.49. The molecule has 43 heavy (non-hydrogen) atoms. The SMILES string of the molecule is CN(C(=O)C(c1ccccc1)c1ccccc1)[C@H](CN1CC[C@@H](O)C1)c1cccc(NS(=O)(=O)c2ccc(C#N)cc2)c1. The Kier molecular flexibility index (Phi) is 9.22. The highest BCUT2D eigenvalue weighted by Gasteiger charge is 2.33. The van der Waals surface area contributed by atoms with Crippen molar-refractivity contribution in [1.82, 2.24) is 9.80 Å². The molecule has 4 aromatic carbocycles. The van der Waals surface area contributed by atoms with Gasteiger partial charge in [0.2, 0.25) is 5.91 Å². The van der Waals surface area contributed by atoms with E-state index >= 15 is 0 Å². The monoisotopic (exact) mass is 594 g/mol. The van der Waals surface area contributed by atoms with E-state index in [4.69, 9.17) is 5.26 Å². The number of rotatable bonds is 10. The lowest BCUT2D eigenvalue weighted by Gasteiger charge is -2.35. The van der Waals surface area contributed by atoms with Gasteiger partial charge in [-0.2, -0.15) is 5.26 Å². The van der Waals surface area contributed by atoms with E-state index < -0.39 is 28.1 Å². The lowest BCUT2D eigenvalue weighted by atomic mass is 9.89. The average Bonchev–Trinajstić information content (AvgIpc) is 3.45. The number of aliphatic hydroxyl groups is 1. The number of carbonyl (C=O) groups excluding carboxylic acids is 1. The summed E-state index contributed by atoms with van der Waals surface area (Å²) in [6.07, 6.45) is 0.236. The second-order valence-electron chi connectivity index (χ2n) is 10.8. The summed E-state index contributed by atoms with van der Waals surface area (Å²) in [4.78, 5) is 18.3. The van der Waals surface area contributed by atoms with E-state index in [9.17, 15) is 18.3 Å². The topological polar surface area (TPSA) is 114 Å². The fraction of sp³-hybridized carbons (Fsp3) is 0.235. The maximum atomic E-state index is 14.4. The summed E-state index contributed by atoms with van der Waals surface area (Å²) in [5, 5.41) is 19.3. The van der Waals surface area contributed by atoms with Crippen LogP contribution in [0.4, 0.5) is 5.69 Å². The number of aliphatic hydroxyl groups excluding tert-OH is 1. The van der Waals surface area contributed by atoms with Crippen molar-refractivity contribution in [3.05, 3.63) is 131 Å². The van der Waals surface area contributed by atoms with E-state index in [2.05, 4.69) is 9.62 Å². The first-order valence-electron chi connectivity index (χ1n) is 14.1. The van der Waals surface area contributed by atoms with Crippen LogP contribution in [0.2, 0.25) is 0 Å². The third-order valence-electron chi connectivity index (χ3n) is 7.82. The number of benzene rings is 4. The van der Waals surface area contributed by atoms with Crippen LogP contribution in [0, 0.1) is 11.3 Å². The molecule has 0 saturated carbocycles. The van der Waals surface area contributed by atoms with Gasteiger partial charge in [-0.05, 0) is 59.5 Å². The first-order valence-corrected chi connectivity index (χ1v) is 15.6. The minimum Gasteiger partial charge on any atom is -0.392 e. The molecule has 1 saturated heterocycles. The largest absolute Gasteiger partial charge is 0.392 e. The van der Waals surface area contributed by atoms with E-state index in [-0.39, 0.29) is 10.8 Å². The zero-order chi connectivity index (χ0) is 30.4. The molecule has 2 atom stereocenters. The number of hydrogen-bond donors (Lipinski definition) is 2. The number of β-amino-alcohol motifs (C(OH)–C–C–N with tert-alkyl or cyclic N) is 1. The van der Waals surface area contributed by atoms with Crippen LogP contribution in [-0.4, -0.2) is 62.0 Å². The molecule has 1 aliphatic heterocycles. The predicted octanol–water partition coefficient (Wildman–Crippen LogP) is 4.76. The molecule has 5 rings (SSSR count). The van der Waals surface area contributed by atoms with E-state index in [1.165, 1.54) is 24.3 Å². The highest BCUT2D eigenvalue weighted by Crippen LogP contribution is 2.32. The highest BCUT2D eigenvalue weighted by molar-refractivity contribution is 7.92. The summed E-state index contributed by atoms with van der Waals surface area (Å²) >= 11 is 0. The van der Waals surface area contributed by atoms with Crippen molar-refractivity contribution < 1.29 is 18.3 Å². The molecule has 0 unspecified atom stereocenters. The lowest BCUT2D eigenvalue weighted by Crippen LogP contribution is -2.41. The van der Waals surface area contributed by atoms with Gasteiger partial charge >= 0.3 is 0 Å². The van der Waals surface area contributed by atoms with Crippen LogP contribution in [0.25, 0.3) is 0 Å². The first kappa shape index (κ1) is 30.0. The van der Waals surface area contributed by atoms with Crippen molar-refractivity contribution in [2.45, 2.75) is 29.4 Å². The molecule has 1 amide bonds. The summed E-state index contributed by atoms with van der Waals surface area (Å²) in [6.45, 7) is 1.68. The number of likely N-dealkylation sites (tertiary alicyclic amines) is 1. The number of amides is 1. The van der Waals surface area contributed by atoms with Crippen molar-refractivity contribution >= 4 is 21.6 Å². The Morgan fingerprint density at radius 3 is 2.12 bits per heavy atom. The van der Waals surface area contributed by atoms with Crippen LogP contribution in [0.3, 0.4) is 0 Å². The molecule has 220 valence electrons. The van der Waals surface area contributed by atoms with Gasteiger partial charge in [-0.3, -0.25) is 14.4 Å². The van der Waals surface area contributed by atoms with Gasteiger partial charge in [-0.1, -0.05) is 72.8 Å². The fourth-order valence-corrected chi connectivity index (χ4v) is 6.58. The summed E-state index contributed by atoms with van der Waals surface area (Å²) < 4.78 is 28.9. The van der Waals surface area contributed by atoms with E-state index in [0.717, 1.165) is 16.7 Å². The van der Waals surface area contributed by atoms with Gasteiger partial charge < -0.3 is 10.0 Å². The van der Waals surface area contributed by atoms with Crippen LogP contribution < -0.4 is 4.72 Å². The molecule has 2 N–H and O–H groups in total. The van der Waals surface area contributed by atoms with Crippen LogP contribution >= 0.6 is 0 Å². The molecule has 9 heteroatoms. The molecule has 0 radical (unpaired) electrons. The number of likely N-dealkylation sites (N-methyl/N-ethyl adjacent to an activating group) is 1. The minimum atomic E-state index is -3.92. The number of hydrogen-bond acceptors (Lipinski definition) is 6. The summed E-state index contributed by atoms with van der Waals surface area (Å²) in [7, 11) is -2.13. The summed E-state index contributed by atoms with van der Waals surface area (Å²) in [5.41, 5.74) is 3.25. The van der Waals surface area contributed by atoms with E-state index in [1.807, 2.05) is 72.8 Å². The highest BCUT2D eigenvalue weighted by atomic mass is 32.2. The standard InChI is InChI=1S/C34H34N4O4S/c1-37(34(40)33(26-9-4-2-5-10-26)27-11-6-3-7-12-27)32(24-38-20-19-30(39)23-38)28-13-8-14-29(21-28)36-43(41,42)31-17-15-25(22-35)16-18-31/h2-18,21,30,32-33,36,39H,19-20,23-24H2,1H3/t30-,32-/m1/s1. The maximum absolute atomic E-state index is 14.4. The molecule has 8 nitrogen and oxygen atoms in total. The van der Waals surface area contributed by atoms with Crippen molar-refractivity contribution in [2.24, 2.45) is 0 Å². The predicted molar refractivity (Wildman–Crippen MR) is 166 cm³/mol. The molecule has 4 aromatic rings. The minimum absolute atomic E-state index is 0.0420. The van der Waals surface area contributed by atoms with Gasteiger partial charge in [0, 0.05) is 32.4 Å². The lowest BCUT2D eigenvalue weighted by molar-refractivity contribution is -0.133. The number of sulfonamides is 1. The van der Waals surface area contributed by atoms with E-state index in [1.54, 1.807) is 30.1 Å². The molecular weight excluding hydrogens is 560 g/mol. The Labute approximate surface area is 252 Å². The van der Waals surface area contributed by atoms with Crippen LogP contribution in [0.1, 0.15) is 40.6 Å². The molecular formula is C34H34N4O4S. The van der Waals surface area contributed by atoms with Gasteiger partial charge in [-0.25, -0.2) is 8.42 Å². The van der Waals surface area contributed by atoms with Crippen LogP contribution in [-0.2, 0) is 14.8 Å². The fourth-order valence-electron chi connectivity index (χ4n) is 5.53. The van der Waals surface area contributed by atoms with Crippen molar-refractivity contribution in [1.29, 1.82) is 5.26 Å². The second-order valence-corrected chi connectivity index (χ2v) is 12.5. The molecule has 1 heterocycles. The summed E-state index contributed by atoms with van der Waals surface area (Å²) in [6, 6.07) is 33.7. The van der Waals surface area contributed by atoms with Gasteiger partial charge in [-0.15, -0.1) is 0 Å². The normalized spacial score (nSPS) is 16.0. The van der Waals surface area contributed by atoms with Gasteiger partial charge in [0.05, 0.1) is 34.6 Å². The number of nitrogens with one attached hydrogen (secondary N) is 1. The maximum Gasteiger partial charge on any atom is 0.261 e. The van der Waals surface area contributed by atoms with Gasteiger partial charge in [0.1, 0.15) is 0 Å². The zero-order valence-electron chi connectivity index (χ0n) is 23.9. The van der Waals surface area contributed by atoms with Crippen molar-refractivity contribution in [3.8, 4) is 6.07 Å². The number of nitrogens with zero attached hydrogens (tertiary/aromatic N) is 3. The zero-order valence-corrected chi connectivity index (χ0v) is 24.7. The Morgan fingerprint density at radius 1 is 0.953 bits per heavy atom. The summed E-state index contributed by atoms with van der Waals surface area (Å²) in [5.74, 6) is -0.622. The average molecular weight is 595 g/mol. The van der Waals surface area contributed by atoms with Gasteiger partial charge in [0.25, 0.3) is 10.0 Å². The smallest absolute Gasteiger partial charge is 0.261 e. The second kappa shape index (κ2) is 13.2. The quantitative estimate of drug-likeness (QED) is 0.274. The Balaban J connectivity index is 1.48. The molecule has 0 aromatic heterocycles. The van der Waals surface area contributed by atoms with Crippen LogP contribution in [0.15, 0.2) is 114 Å². The molecule has 0 spiro atoms. The van der Waals surface area contributed by atoms with Crippen LogP contribution in [0.5, 0.6) is 0 Å². The Bertz CT molecular complexity index is 1650. The van der Waals surface area contributed by atoms with E-state index in [0.29, 0.717) is 37.3 Å². The number of carbonyl (C=O) groups is 1. The number of anilines is 1. The molecule has 0 aliphatic carbocycles. The molecule has 1 fully saturated rings. The molecule has 1 aliphatic rings. The van der Waals surface area contributed by atoms with Crippen molar-refractivity contribution in [3.63, 3.8) is 0 Å². The number of nitriles is 1. The Morgan fingerprint density at radius 2 is 1.56 bits per heavy atom. The van der Waals surface area contributed by atoms with Gasteiger partial charge in [0.15, 0.2) is 0 Å². The third-order valence-corrected chi connectivity index (χ3v) is 9.22. The first-order chi connectivity index (χ1) is 20.7.